The van der Waals surface area contributed by atoms with Crippen LogP contribution in [-0.4, -0.2) is 50.5 Å². The molecule has 8 nitrogen and oxygen atoms in total. The van der Waals surface area contributed by atoms with Crippen molar-refractivity contribution in [3.63, 3.8) is 0 Å². The number of halogens is 1. The van der Waals surface area contributed by atoms with Gasteiger partial charge in [0.05, 0.1) is 34.5 Å². The molecule has 4 rings (SSSR count). The quantitative estimate of drug-likeness (QED) is 0.264. The molecule has 37 heavy (non-hydrogen) atoms. The largest absolute Gasteiger partial charge is 0.493 e. The van der Waals surface area contributed by atoms with Gasteiger partial charge in [0.15, 0.2) is 11.6 Å². The van der Waals surface area contributed by atoms with Crippen LogP contribution in [0.1, 0.15) is 50.0 Å². The smallest absolute Gasteiger partial charge is 0.200 e. The lowest BCUT2D eigenvalue weighted by molar-refractivity contribution is 0.287. The molecule has 0 bridgehead atoms. The Labute approximate surface area is 228 Å². The second-order valence-electron chi connectivity index (χ2n) is 9.79. The summed E-state index contributed by atoms with van der Waals surface area (Å²) in [5.41, 5.74) is 12.5. The molecular formula is C28H38BrN7O. The number of ether oxygens (including phenoxy) is 1. The number of nitrogens with one attached hydrogen (secondary N) is 1. The minimum Gasteiger partial charge on any atom is -0.493 e. The van der Waals surface area contributed by atoms with Crippen LogP contribution in [-0.2, 0) is 13.0 Å². The highest BCUT2D eigenvalue weighted by molar-refractivity contribution is 9.10. The molecule has 0 saturated carbocycles. The van der Waals surface area contributed by atoms with Crippen molar-refractivity contribution in [1.82, 2.24) is 29.8 Å². The molecule has 0 aliphatic heterocycles. The molecule has 9 heteroatoms. The molecule has 0 fully saturated rings. The van der Waals surface area contributed by atoms with Crippen molar-refractivity contribution in [1.29, 1.82) is 0 Å². The standard InChI is InChI=1S/C19H24N4O.C9H14BrN3/c1-4-13-9-14(5-6-17(13)24-8-7-12(2)3)15-10-16-18(21-11-15)23-19(20)22-16;1-6-9(10)7(2)12-8(11-6)5-13(3)4/h5-6,9-12H,4,7-8H2,1-3H3,(H3,20,21,22,23);5H2,1-4H3. The van der Waals surface area contributed by atoms with Gasteiger partial charge in [0.2, 0.25) is 0 Å². The highest BCUT2D eigenvalue weighted by Gasteiger charge is 2.09. The Kier molecular flexibility index (Phi) is 10.00. The van der Waals surface area contributed by atoms with Crippen LogP contribution in [0, 0.1) is 19.8 Å². The fourth-order valence-corrected chi connectivity index (χ4v) is 3.96. The van der Waals surface area contributed by atoms with E-state index < -0.39 is 0 Å². The van der Waals surface area contributed by atoms with E-state index in [0.717, 1.165) is 70.1 Å². The number of fused-ring (bicyclic) bond motifs is 1. The number of benzene rings is 1. The molecule has 0 saturated heterocycles. The lowest BCUT2D eigenvalue weighted by atomic mass is 10.0. The van der Waals surface area contributed by atoms with Crippen molar-refractivity contribution in [3.8, 4) is 16.9 Å². The van der Waals surface area contributed by atoms with Crippen LogP contribution in [0.3, 0.4) is 0 Å². The van der Waals surface area contributed by atoms with Crippen LogP contribution in [0.5, 0.6) is 5.75 Å². The number of aromatic nitrogens is 5. The molecule has 0 radical (unpaired) electrons. The van der Waals surface area contributed by atoms with E-state index in [1.165, 1.54) is 5.56 Å². The Bertz CT molecular complexity index is 1310. The van der Waals surface area contributed by atoms with Gasteiger partial charge in [-0.25, -0.2) is 15.0 Å². The SMILES string of the molecule is CCc1cc(-c2cnc3nc(N)[nH]c3c2)ccc1OCCC(C)C.Cc1nc(CN(C)C)nc(C)c1Br. The number of pyridine rings is 1. The van der Waals surface area contributed by atoms with E-state index in [0.29, 0.717) is 17.5 Å². The zero-order chi connectivity index (χ0) is 27.1. The van der Waals surface area contributed by atoms with E-state index in [1.54, 1.807) is 0 Å². The molecule has 0 amide bonds. The van der Waals surface area contributed by atoms with Gasteiger partial charge in [0.25, 0.3) is 0 Å². The summed E-state index contributed by atoms with van der Waals surface area (Å²) in [6.45, 7) is 12.1. The van der Waals surface area contributed by atoms with Gasteiger partial charge < -0.3 is 20.4 Å². The fraction of sp³-hybridized carbons (Fsp3) is 0.429. The molecule has 1 aromatic carbocycles. The van der Waals surface area contributed by atoms with Gasteiger partial charge in [0, 0.05) is 11.8 Å². The van der Waals surface area contributed by atoms with E-state index in [9.17, 15) is 0 Å². The number of aryl methyl sites for hydroxylation is 3. The van der Waals surface area contributed by atoms with Crippen molar-refractivity contribution < 1.29 is 4.74 Å². The molecule has 0 aliphatic rings. The van der Waals surface area contributed by atoms with Crippen LogP contribution >= 0.6 is 15.9 Å². The summed E-state index contributed by atoms with van der Waals surface area (Å²) in [6, 6.07) is 8.33. The molecule has 3 aromatic heterocycles. The van der Waals surface area contributed by atoms with Crippen molar-refractivity contribution >= 4 is 33.0 Å². The maximum absolute atomic E-state index is 5.95. The van der Waals surface area contributed by atoms with Crippen LogP contribution in [0.4, 0.5) is 5.95 Å². The number of nitrogens with two attached hydrogens (primary N) is 1. The minimum absolute atomic E-state index is 0.387. The molecule has 3 heterocycles. The first kappa shape index (κ1) is 28.5. The summed E-state index contributed by atoms with van der Waals surface area (Å²) in [7, 11) is 4.02. The first-order chi connectivity index (χ1) is 17.6. The Morgan fingerprint density at radius 1 is 1.05 bits per heavy atom. The molecule has 4 aromatic rings. The topological polar surface area (TPSA) is 106 Å². The zero-order valence-corrected chi connectivity index (χ0v) is 24.5. The summed E-state index contributed by atoms with van der Waals surface area (Å²) < 4.78 is 6.96. The highest BCUT2D eigenvalue weighted by atomic mass is 79.9. The van der Waals surface area contributed by atoms with Crippen molar-refractivity contribution in [2.24, 2.45) is 5.92 Å². The minimum atomic E-state index is 0.387. The number of nitrogens with zero attached hydrogens (tertiary/aromatic N) is 5. The van der Waals surface area contributed by atoms with E-state index in [-0.39, 0.29) is 0 Å². The average Bonchev–Trinajstić information content (AvgIpc) is 3.21. The van der Waals surface area contributed by atoms with Gasteiger partial charge in [-0.05, 0) is 92.0 Å². The monoisotopic (exact) mass is 567 g/mol. The predicted molar refractivity (Wildman–Crippen MR) is 155 cm³/mol. The Morgan fingerprint density at radius 3 is 2.38 bits per heavy atom. The van der Waals surface area contributed by atoms with Crippen LogP contribution < -0.4 is 10.5 Å². The van der Waals surface area contributed by atoms with Gasteiger partial charge in [-0.3, -0.25) is 0 Å². The van der Waals surface area contributed by atoms with Crippen molar-refractivity contribution in [3.05, 3.63) is 57.7 Å². The van der Waals surface area contributed by atoms with Gasteiger partial charge >= 0.3 is 0 Å². The number of anilines is 1. The predicted octanol–water partition coefficient (Wildman–Crippen LogP) is 6.11. The summed E-state index contributed by atoms with van der Waals surface area (Å²) in [6.07, 6.45) is 3.82. The number of hydrogen-bond acceptors (Lipinski definition) is 7. The van der Waals surface area contributed by atoms with Crippen LogP contribution in [0.25, 0.3) is 22.3 Å². The first-order valence-corrected chi connectivity index (χ1v) is 13.4. The first-order valence-electron chi connectivity index (χ1n) is 12.6. The van der Waals surface area contributed by atoms with Crippen molar-refractivity contribution in [2.45, 2.75) is 54.0 Å². The second-order valence-corrected chi connectivity index (χ2v) is 10.6. The molecule has 198 valence electrons. The third kappa shape index (κ3) is 7.97. The third-order valence-electron chi connectivity index (χ3n) is 5.77. The molecule has 0 unspecified atom stereocenters. The lowest BCUT2D eigenvalue weighted by Crippen LogP contribution is -2.14. The van der Waals surface area contributed by atoms with Crippen molar-refractivity contribution in [2.75, 3.05) is 26.4 Å². The number of H-pyrrole nitrogens is 1. The average molecular weight is 569 g/mol. The van der Waals surface area contributed by atoms with Gasteiger partial charge in [0.1, 0.15) is 11.6 Å². The Balaban J connectivity index is 0.000000248. The number of rotatable bonds is 8. The lowest BCUT2D eigenvalue weighted by Gasteiger charge is -2.13. The molecule has 0 aliphatic carbocycles. The second kappa shape index (κ2) is 13.0. The Hall–Kier alpha value is -3.04. The number of imidazole rings is 1. The normalized spacial score (nSPS) is 11.2. The number of hydrogen-bond donors (Lipinski definition) is 2. The number of aromatic amines is 1. The van der Waals surface area contributed by atoms with E-state index >= 15 is 0 Å². The summed E-state index contributed by atoms with van der Waals surface area (Å²) in [4.78, 5) is 22.3. The molecule has 3 N–H and O–H groups in total. The van der Waals surface area contributed by atoms with Crippen LogP contribution in [0.15, 0.2) is 34.9 Å². The van der Waals surface area contributed by atoms with Gasteiger partial charge in [-0.1, -0.05) is 26.8 Å². The fourth-order valence-electron chi connectivity index (χ4n) is 3.78. The maximum atomic E-state index is 5.95. The third-order valence-corrected chi connectivity index (χ3v) is 6.92. The molecular weight excluding hydrogens is 530 g/mol. The summed E-state index contributed by atoms with van der Waals surface area (Å²) >= 11 is 3.44. The Morgan fingerprint density at radius 2 is 1.76 bits per heavy atom. The van der Waals surface area contributed by atoms with E-state index in [4.69, 9.17) is 10.5 Å². The van der Waals surface area contributed by atoms with E-state index in [1.807, 2.05) is 40.2 Å². The number of nitrogen functional groups attached to an aromatic ring is 1. The molecule has 0 spiro atoms. The van der Waals surface area contributed by atoms with Gasteiger partial charge in [-0.2, -0.15) is 4.98 Å². The van der Waals surface area contributed by atoms with Crippen LogP contribution in [0.2, 0.25) is 0 Å². The molecule has 0 atom stereocenters. The highest BCUT2D eigenvalue weighted by Crippen LogP contribution is 2.28. The summed E-state index contributed by atoms with van der Waals surface area (Å²) in [5.74, 6) is 2.89. The maximum Gasteiger partial charge on any atom is 0.200 e. The van der Waals surface area contributed by atoms with Gasteiger partial charge in [-0.15, -0.1) is 0 Å². The van der Waals surface area contributed by atoms with E-state index in [2.05, 4.69) is 84.7 Å². The zero-order valence-electron chi connectivity index (χ0n) is 22.9. The summed E-state index contributed by atoms with van der Waals surface area (Å²) in [5, 5.41) is 0.